The maximum atomic E-state index is 13.5. The number of aromatic nitrogens is 1. The molecule has 0 radical (unpaired) electrons. The van der Waals surface area contributed by atoms with Crippen molar-refractivity contribution in [3.05, 3.63) is 29.8 Å². The zero-order valence-corrected chi connectivity index (χ0v) is 12.1. The second-order valence-corrected chi connectivity index (χ2v) is 7.21. The van der Waals surface area contributed by atoms with Crippen molar-refractivity contribution in [2.45, 2.75) is 38.1 Å². The van der Waals surface area contributed by atoms with Gasteiger partial charge in [-0.25, -0.2) is 4.39 Å². The monoisotopic (exact) mass is 274 g/mol. The number of halogens is 1. The summed E-state index contributed by atoms with van der Waals surface area (Å²) in [5.74, 6) is 4.11. The number of hydrogen-bond acceptors (Lipinski definition) is 2. The van der Waals surface area contributed by atoms with Crippen LogP contribution < -0.4 is 5.32 Å². The number of nitrogens with zero attached hydrogens (tertiary/aromatic N) is 1. The van der Waals surface area contributed by atoms with Crippen LogP contribution in [0.5, 0.6) is 0 Å². The van der Waals surface area contributed by atoms with Crippen LogP contribution in [0.3, 0.4) is 0 Å². The molecular weight excluding hydrogens is 251 g/mol. The van der Waals surface area contributed by atoms with Gasteiger partial charge in [0.15, 0.2) is 0 Å². The molecule has 0 saturated heterocycles. The molecule has 108 valence electrons. The van der Waals surface area contributed by atoms with E-state index in [1.165, 1.54) is 38.3 Å². The lowest BCUT2D eigenvalue weighted by Gasteiger charge is -2.56. The van der Waals surface area contributed by atoms with Gasteiger partial charge in [0.05, 0.1) is 6.20 Å². The first-order valence-electron chi connectivity index (χ1n) is 8.02. The Bertz CT molecular complexity index is 474. The van der Waals surface area contributed by atoms with Gasteiger partial charge in [0.25, 0.3) is 0 Å². The normalized spacial score (nSPS) is 40.0. The van der Waals surface area contributed by atoms with E-state index >= 15 is 0 Å². The molecule has 0 aliphatic heterocycles. The van der Waals surface area contributed by atoms with E-state index in [0.717, 1.165) is 29.2 Å². The van der Waals surface area contributed by atoms with Crippen LogP contribution in [-0.4, -0.2) is 12.0 Å². The molecule has 0 amide bonds. The summed E-state index contributed by atoms with van der Waals surface area (Å²) in [7, 11) is 2.01. The molecule has 0 spiro atoms. The summed E-state index contributed by atoms with van der Waals surface area (Å²) in [5, 5.41) is 3.47. The Labute approximate surface area is 120 Å². The molecule has 2 nitrogen and oxygen atoms in total. The quantitative estimate of drug-likeness (QED) is 0.911. The molecule has 3 heteroatoms. The van der Waals surface area contributed by atoms with E-state index in [9.17, 15) is 4.39 Å². The average molecular weight is 274 g/mol. The van der Waals surface area contributed by atoms with Crippen LogP contribution in [0.4, 0.5) is 4.39 Å². The Morgan fingerprint density at radius 2 is 1.75 bits per heavy atom. The van der Waals surface area contributed by atoms with Crippen LogP contribution in [-0.2, 0) is 0 Å². The lowest BCUT2D eigenvalue weighted by Crippen LogP contribution is -2.49. The van der Waals surface area contributed by atoms with Gasteiger partial charge in [-0.15, -0.1) is 0 Å². The molecule has 20 heavy (non-hydrogen) atoms. The fourth-order valence-electron chi connectivity index (χ4n) is 5.69. The van der Waals surface area contributed by atoms with Gasteiger partial charge in [0, 0.05) is 12.2 Å². The fraction of sp³-hybridized carbons (Fsp3) is 0.706. The molecule has 1 aromatic heterocycles. The molecule has 4 saturated carbocycles. The molecule has 1 atom stereocenters. The molecular formula is C17H23FN2. The fourth-order valence-corrected chi connectivity index (χ4v) is 5.69. The maximum absolute atomic E-state index is 13.5. The lowest BCUT2D eigenvalue weighted by atomic mass is 9.50. The minimum Gasteiger partial charge on any atom is -0.313 e. The summed E-state index contributed by atoms with van der Waals surface area (Å²) in [6, 6.07) is 1.94. The number of pyridine rings is 1. The summed E-state index contributed by atoms with van der Waals surface area (Å²) in [5.41, 5.74) is 1.03. The SMILES string of the molecule is CNC(c1cncc(F)c1)C1C2CC3CC(C2)CC1C3. The molecule has 0 aromatic carbocycles. The topological polar surface area (TPSA) is 24.9 Å². The third-order valence-corrected chi connectivity index (χ3v) is 6.08. The summed E-state index contributed by atoms with van der Waals surface area (Å²) in [4.78, 5) is 4.05. The van der Waals surface area contributed by atoms with E-state index in [0.29, 0.717) is 5.92 Å². The van der Waals surface area contributed by atoms with Gasteiger partial charge in [-0.05, 0) is 80.4 Å². The predicted molar refractivity (Wildman–Crippen MR) is 76.5 cm³/mol. The number of rotatable bonds is 3. The minimum atomic E-state index is -0.216. The number of nitrogens with one attached hydrogen (secondary N) is 1. The van der Waals surface area contributed by atoms with Gasteiger partial charge in [0.1, 0.15) is 5.82 Å². The van der Waals surface area contributed by atoms with E-state index in [-0.39, 0.29) is 11.9 Å². The van der Waals surface area contributed by atoms with Crippen LogP contribution in [0.2, 0.25) is 0 Å². The molecule has 4 bridgehead atoms. The second kappa shape index (κ2) is 4.80. The molecule has 4 aliphatic carbocycles. The highest BCUT2D eigenvalue weighted by Crippen LogP contribution is 2.59. The van der Waals surface area contributed by atoms with Crippen LogP contribution in [0, 0.1) is 35.4 Å². The Kier molecular flexibility index (Phi) is 3.06. The summed E-state index contributed by atoms with van der Waals surface area (Å²) in [6.45, 7) is 0. The van der Waals surface area contributed by atoms with Crippen molar-refractivity contribution in [3.8, 4) is 0 Å². The van der Waals surface area contributed by atoms with Gasteiger partial charge in [-0.2, -0.15) is 0 Å². The van der Waals surface area contributed by atoms with Crippen molar-refractivity contribution in [3.63, 3.8) is 0 Å². The second-order valence-electron chi connectivity index (χ2n) is 7.21. The van der Waals surface area contributed by atoms with Crippen molar-refractivity contribution in [1.29, 1.82) is 0 Å². The van der Waals surface area contributed by atoms with Crippen molar-refractivity contribution >= 4 is 0 Å². The highest BCUT2D eigenvalue weighted by Gasteiger charge is 2.50. The molecule has 1 unspecified atom stereocenters. The molecule has 5 rings (SSSR count). The first-order chi connectivity index (χ1) is 9.74. The van der Waals surface area contributed by atoms with Gasteiger partial charge >= 0.3 is 0 Å². The maximum Gasteiger partial charge on any atom is 0.141 e. The average Bonchev–Trinajstić information content (AvgIpc) is 2.42. The van der Waals surface area contributed by atoms with E-state index in [4.69, 9.17) is 0 Å². The Morgan fingerprint density at radius 1 is 1.10 bits per heavy atom. The van der Waals surface area contributed by atoms with Crippen LogP contribution >= 0.6 is 0 Å². The van der Waals surface area contributed by atoms with Crippen LogP contribution in [0.1, 0.15) is 43.7 Å². The van der Waals surface area contributed by atoms with E-state index in [1.54, 1.807) is 6.07 Å². The number of hydrogen-bond donors (Lipinski definition) is 1. The molecule has 1 aromatic rings. The molecule has 1 N–H and O–H groups in total. The Hall–Kier alpha value is -0.960. The summed E-state index contributed by atoms with van der Waals surface area (Å²) >= 11 is 0. The van der Waals surface area contributed by atoms with Crippen LogP contribution in [0.15, 0.2) is 18.5 Å². The van der Waals surface area contributed by atoms with Crippen LogP contribution in [0.25, 0.3) is 0 Å². The van der Waals surface area contributed by atoms with Crippen molar-refractivity contribution in [2.75, 3.05) is 7.05 Å². The first-order valence-corrected chi connectivity index (χ1v) is 8.02. The van der Waals surface area contributed by atoms with Crippen molar-refractivity contribution in [1.82, 2.24) is 10.3 Å². The van der Waals surface area contributed by atoms with Gasteiger partial charge in [0.2, 0.25) is 0 Å². The largest absolute Gasteiger partial charge is 0.313 e. The zero-order chi connectivity index (χ0) is 13.7. The third-order valence-electron chi connectivity index (χ3n) is 6.08. The van der Waals surface area contributed by atoms with Gasteiger partial charge < -0.3 is 5.32 Å². The predicted octanol–water partition coefficient (Wildman–Crippen LogP) is 3.55. The first kappa shape index (κ1) is 12.8. The van der Waals surface area contributed by atoms with Gasteiger partial charge in [-0.1, -0.05) is 0 Å². The molecule has 1 heterocycles. The molecule has 4 fully saturated rings. The van der Waals surface area contributed by atoms with E-state index in [2.05, 4.69) is 10.3 Å². The highest BCUT2D eigenvalue weighted by atomic mass is 19.1. The Morgan fingerprint density at radius 3 is 2.30 bits per heavy atom. The highest BCUT2D eigenvalue weighted by molar-refractivity contribution is 5.18. The lowest BCUT2D eigenvalue weighted by molar-refractivity contribution is -0.0516. The van der Waals surface area contributed by atoms with Crippen molar-refractivity contribution in [2.24, 2.45) is 29.6 Å². The smallest absolute Gasteiger partial charge is 0.141 e. The standard InChI is InChI=1S/C17H23FN2/c1-19-17(14-7-15(18)9-20-8-14)16-12-3-10-2-11(5-12)6-13(16)4-10/h7-13,16-17,19H,2-6H2,1H3. The van der Waals surface area contributed by atoms with Gasteiger partial charge in [-0.3, -0.25) is 4.98 Å². The summed E-state index contributed by atoms with van der Waals surface area (Å²) < 4.78 is 13.5. The van der Waals surface area contributed by atoms with E-state index < -0.39 is 0 Å². The van der Waals surface area contributed by atoms with Crippen molar-refractivity contribution < 1.29 is 4.39 Å². The summed E-state index contributed by atoms with van der Waals surface area (Å²) in [6.07, 6.45) is 10.2. The van der Waals surface area contributed by atoms with E-state index in [1.807, 2.05) is 13.2 Å². The molecule has 4 aliphatic rings. The zero-order valence-electron chi connectivity index (χ0n) is 12.1. The Balaban J connectivity index is 1.65. The minimum absolute atomic E-state index is 0.216. The third kappa shape index (κ3) is 1.98.